The molecule has 8 heteroatoms. The maximum atomic E-state index is 12.4. The molecule has 1 aromatic carbocycles. The third kappa shape index (κ3) is 8.36. The van der Waals surface area contributed by atoms with Crippen LogP contribution >= 0.6 is 11.6 Å². The molecule has 0 bridgehead atoms. The second-order valence-electron chi connectivity index (χ2n) is 7.02. The van der Waals surface area contributed by atoms with Crippen LogP contribution in [0.5, 0.6) is 0 Å². The zero-order valence-corrected chi connectivity index (χ0v) is 16.7. The average Bonchev–Trinajstić information content (AvgIpc) is 2.43. The van der Waals surface area contributed by atoms with Crippen LogP contribution in [0, 0.1) is 5.92 Å². The van der Waals surface area contributed by atoms with Crippen molar-refractivity contribution in [1.29, 1.82) is 0 Å². The Balaban J connectivity index is 2.79. The summed E-state index contributed by atoms with van der Waals surface area (Å²) < 4.78 is 19.9. The van der Waals surface area contributed by atoms with Crippen molar-refractivity contribution >= 4 is 34.6 Å². The normalized spacial score (nSPS) is 13.9. The Morgan fingerprint density at radius 1 is 1.28 bits per heavy atom. The number of rotatable bonds is 6. The lowest BCUT2D eigenvalue weighted by Crippen LogP contribution is -2.49. The number of alkyl carbamates (subject to hydrolysis) is 1. The van der Waals surface area contributed by atoms with Crippen LogP contribution in [-0.4, -0.2) is 27.9 Å². The van der Waals surface area contributed by atoms with Crippen LogP contribution in [0.25, 0.3) is 0 Å². The minimum atomic E-state index is -1.77. The molecule has 1 rings (SSSR count). The molecule has 0 aromatic heterocycles. The molecule has 0 fully saturated rings. The first-order valence-electron chi connectivity index (χ1n) is 7.95. The van der Waals surface area contributed by atoms with E-state index in [1.807, 2.05) is 13.8 Å². The molecule has 1 aromatic rings. The molecule has 2 N–H and O–H groups in total. The summed E-state index contributed by atoms with van der Waals surface area (Å²) in [4.78, 5) is 24.8. The molecule has 0 radical (unpaired) electrons. The fraction of sp³-hybridized carbons (Fsp3) is 0.529. The number of hydrogen-bond acceptors (Lipinski definition) is 4. The molecule has 0 spiro atoms. The van der Waals surface area contributed by atoms with Gasteiger partial charge in [0.25, 0.3) is 5.91 Å². The van der Waals surface area contributed by atoms with E-state index in [1.54, 1.807) is 39.0 Å². The summed E-state index contributed by atoms with van der Waals surface area (Å²) in [5.74, 6) is -0.400. The molecule has 2 amide bonds. The number of hydrogen-bond donors (Lipinski definition) is 2. The topological polar surface area (TPSA) is 84.5 Å². The summed E-state index contributed by atoms with van der Waals surface area (Å²) in [5.41, 5.74) is -0.674. The molecule has 0 aliphatic heterocycles. The highest BCUT2D eigenvalue weighted by Crippen LogP contribution is 2.14. The van der Waals surface area contributed by atoms with Gasteiger partial charge in [0.15, 0.2) is 11.0 Å². The minimum absolute atomic E-state index is 0.144. The van der Waals surface area contributed by atoms with Crippen molar-refractivity contribution in [2.45, 2.75) is 57.6 Å². The van der Waals surface area contributed by atoms with E-state index >= 15 is 0 Å². The highest BCUT2D eigenvalue weighted by molar-refractivity contribution is 7.83. The van der Waals surface area contributed by atoms with Crippen molar-refractivity contribution in [2.75, 3.05) is 0 Å². The van der Waals surface area contributed by atoms with Gasteiger partial charge in [0.2, 0.25) is 0 Å². The Morgan fingerprint density at radius 3 is 2.44 bits per heavy atom. The largest absolute Gasteiger partial charge is 0.444 e. The SMILES string of the molecule is CC(C)C[C@H](NC(=O)OC(C)(C)C)C(=O)NS(=O)c1cccc(Cl)c1. The van der Waals surface area contributed by atoms with Crippen LogP contribution in [0.1, 0.15) is 41.0 Å². The van der Waals surface area contributed by atoms with Gasteiger partial charge in [0, 0.05) is 5.02 Å². The summed E-state index contributed by atoms with van der Waals surface area (Å²) in [5, 5.41) is 2.96. The first-order chi connectivity index (χ1) is 11.5. The van der Waals surface area contributed by atoms with Gasteiger partial charge < -0.3 is 10.1 Å². The Kier molecular flexibility index (Phi) is 7.89. The second kappa shape index (κ2) is 9.20. The van der Waals surface area contributed by atoms with E-state index in [9.17, 15) is 13.8 Å². The molecule has 0 heterocycles. The molecule has 0 aliphatic carbocycles. The van der Waals surface area contributed by atoms with E-state index in [-0.39, 0.29) is 5.92 Å². The van der Waals surface area contributed by atoms with Gasteiger partial charge in [-0.1, -0.05) is 31.5 Å². The molecule has 6 nitrogen and oxygen atoms in total. The Hall–Kier alpha value is -1.60. The number of ether oxygens (including phenoxy) is 1. The maximum Gasteiger partial charge on any atom is 0.408 e. The third-order valence-electron chi connectivity index (χ3n) is 2.92. The number of carbonyl (C=O) groups excluding carboxylic acids is 2. The van der Waals surface area contributed by atoms with Crippen molar-refractivity contribution in [3.63, 3.8) is 0 Å². The molecule has 25 heavy (non-hydrogen) atoms. The van der Waals surface area contributed by atoms with Crippen LogP contribution in [-0.2, 0) is 20.5 Å². The summed E-state index contributed by atoms with van der Waals surface area (Å²) in [7, 11) is -1.77. The van der Waals surface area contributed by atoms with E-state index in [0.717, 1.165) is 0 Å². The minimum Gasteiger partial charge on any atom is -0.444 e. The van der Waals surface area contributed by atoms with E-state index < -0.39 is 34.6 Å². The lowest BCUT2D eigenvalue weighted by molar-refractivity contribution is -0.121. The lowest BCUT2D eigenvalue weighted by Gasteiger charge is -2.24. The number of nitrogens with one attached hydrogen (secondary N) is 2. The second-order valence-corrected chi connectivity index (χ2v) is 8.67. The van der Waals surface area contributed by atoms with Crippen LogP contribution in [0.4, 0.5) is 4.79 Å². The van der Waals surface area contributed by atoms with E-state index in [1.165, 1.54) is 6.07 Å². The van der Waals surface area contributed by atoms with Crippen molar-refractivity contribution in [3.8, 4) is 0 Å². The van der Waals surface area contributed by atoms with E-state index in [4.69, 9.17) is 16.3 Å². The van der Waals surface area contributed by atoms with Crippen LogP contribution in [0.2, 0.25) is 5.02 Å². The number of amides is 2. The predicted molar refractivity (Wildman–Crippen MR) is 98.6 cm³/mol. The number of halogens is 1. The molecule has 1 unspecified atom stereocenters. The molecular formula is C17H25ClN2O4S. The van der Waals surface area contributed by atoms with Crippen LogP contribution in [0.3, 0.4) is 0 Å². The fourth-order valence-electron chi connectivity index (χ4n) is 1.96. The van der Waals surface area contributed by atoms with Gasteiger partial charge in [0.05, 0.1) is 4.90 Å². The Morgan fingerprint density at radius 2 is 1.92 bits per heavy atom. The van der Waals surface area contributed by atoms with Gasteiger partial charge in [0.1, 0.15) is 11.6 Å². The Labute approximate surface area is 156 Å². The first kappa shape index (κ1) is 21.4. The lowest BCUT2D eigenvalue weighted by atomic mass is 10.0. The van der Waals surface area contributed by atoms with Gasteiger partial charge >= 0.3 is 6.09 Å². The monoisotopic (exact) mass is 388 g/mol. The van der Waals surface area contributed by atoms with Crippen molar-refractivity contribution < 1.29 is 18.5 Å². The van der Waals surface area contributed by atoms with Crippen LogP contribution < -0.4 is 10.0 Å². The molecular weight excluding hydrogens is 364 g/mol. The third-order valence-corrected chi connectivity index (χ3v) is 4.22. The fourth-order valence-corrected chi connectivity index (χ4v) is 3.09. The Bertz CT molecular complexity index is 644. The summed E-state index contributed by atoms with van der Waals surface area (Å²) >= 11 is 5.87. The van der Waals surface area contributed by atoms with E-state index in [0.29, 0.717) is 16.3 Å². The highest BCUT2D eigenvalue weighted by atomic mass is 35.5. The zero-order chi connectivity index (χ0) is 19.2. The molecule has 140 valence electrons. The smallest absolute Gasteiger partial charge is 0.408 e. The first-order valence-corrected chi connectivity index (χ1v) is 9.48. The van der Waals surface area contributed by atoms with Crippen LogP contribution in [0.15, 0.2) is 29.2 Å². The average molecular weight is 389 g/mol. The van der Waals surface area contributed by atoms with Gasteiger partial charge in [-0.15, -0.1) is 0 Å². The molecule has 0 aliphatic rings. The zero-order valence-electron chi connectivity index (χ0n) is 15.1. The molecule has 0 saturated heterocycles. The maximum absolute atomic E-state index is 12.4. The molecule has 0 saturated carbocycles. The van der Waals surface area contributed by atoms with Crippen molar-refractivity contribution in [2.24, 2.45) is 5.92 Å². The summed E-state index contributed by atoms with van der Waals surface area (Å²) in [6, 6.07) is 5.55. The standard InChI is InChI=1S/C17H25ClN2O4S/c1-11(2)9-14(19-16(22)24-17(3,4)5)15(21)20-25(23)13-8-6-7-12(18)10-13/h6-8,10-11,14H,9H2,1-5H3,(H,19,22)(H,20,21)/t14-,25?/m0/s1. The van der Waals surface area contributed by atoms with Gasteiger partial charge in [-0.05, 0) is 51.3 Å². The molecule has 2 atom stereocenters. The predicted octanol–water partition coefficient (Wildman–Crippen LogP) is 3.42. The summed E-state index contributed by atoms with van der Waals surface area (Å²) in [6.45, 7) is 9.05. The highest BCUT2D eigenvalue weighted by Gasteiger charge is 2.26. The van der Waals surface area contributed by atoms with Gasteiger partial charge in [-0.2, -0.15) is 0 Å². The number of carbonyl (C=O) groups is 2. The van der Waals surface area contributed by atoms with Crippen molar-refractivity contribution in [3.05, 3.63) is 29.3 Å². The van der Waals surface area contributed by atoms with Crippen molar-refractivity contribution in [1.82, 2.24) is 10.0 Å². The van der Waals surface area contributed by atoms with Gasteiger partial charge in [-0.3, -0.25) is 9.52 Å². The quantitative estimate of drug-likeness (QED) is 0.781. The number of benzene rings is 1. The van der Waals surface area contributed by atoms with E-state index in [2.05, 4.69) is 10.0 Å². The van der Waals surface area contributed by atoms with Gasteiger partial charge in [-0.25, -0.2) is 9.00 Å². The summed E-state index contributed by atoms with van der Waals surface area (Å²) in [6.07, 6.45) is -0.306.